The first-order valence-corrected chi connectivity index (χ1v) is 8.56. The van der Waals surface area contributed by atoms with Gasteiger partial charge in [-0.15, -0.1) is 0 Å². The molecule has 0 spiro atoms. The van der Waals surface area contributed by atoms with Crippen molar-refractivity contribution >= 4 is 11.8 Å². The number of benzene rings is 1. The zero-order chi connectivity index (χ0) is 17.4. The number of rotatable bonds is 3. The molecule has 7 heteroatoms. The molecule has 2 N–H and O–H groups in total. The Hall–Kier alpha value is -2.83. The molecule has 130 valence electrons. The van der Waals surface area contributed by atoms with Crippen LogP contribution in [0.1, 0.15) is 45.8 Å². The number of aromatic nitrogens is 2. The van der Waals surface area contributed by atoms with Crippen LogP contribution in [0.3, 0.4) is 0 Å². The van der Waals surface area contributed by atoms with Crippen molar-refractivity contribution < 1.29 is 14.7 Å². The molecule has 2 aliphatic rings. The molecular weight excluding hydrogens is 320 g/mol. The van der Waals surface area contributed by atoms with Crippen molar-refractivity contribution in [3.8, 4) is 5.75 Å². The summed E-state index contributed by atoms with van der Waals surface area (Å²) in [5.74, 6) is -0.201. The van der Waals surface area contributed by atoms with E-state index in [1.165, 1.54) is 6.07 Å². The number of amides is 2. The van der Waals surface area contributed by atoms with Crippen LogP contribution in [0, 0.1) is 0 Å². The summed E-state index contributed by atoms with van der Waals surface area (Å²) in [5, 5.41) is 16.9. The van der Waals surface area contributed by atoms with Crippen LogP contribution in [0.5, 0.6) is 5.75 Å². The molecule has 1 saturated carbocycles. The summed E-state index contributed by atoms with van der Waals surface area (Å²) in [5.41, 5.74) is 1.72. The average molecular weight is 340 g/mol. The van der Waals surface area contributed by atoms with Gasteiger partial charge >= 0.3 is 0 Å². The SMILES string of the molecule is O=C(NC1CC1)c1cc2n(n1)CCCN(C(=O)c1cccc(O)c1)C2. The molecule has 2 aromatic rings. The van der Waals surface area contributed by atoms with Gasteiger partial charge in [-0.25, -0.2) is 0 Å². The van der Waals surface area contributed by atoms with E-state index in [2.05, 4.69) is 10.4 Å². The van der Waals surface area contributed by atoms with Crippen molar-refractivity contribution in [1.29, 1.82) is 0 Å². The molecule has 1 aliphatic heterocycles. The third-order valence-corrected chi connectivity index (χ3v) is 4.54. The normalized spacial score (nSPS) is 16.9. The van der Waals surface area contributed by atoms with Crippen molar-refractivity contribution in [1.82, 2.24) is 20.0 Å². The second kappa shape index (κ2) is 6.23. The van der Waals surface area contributed by atoms with Crippen LogP contribution in [0.4, 0.5) is 0 Å². The van der Waals surface area contributed by atoms with Crippen molar-refractivity contribution in [3.63, 3.8) is 0 Å². The molecule has 7 nitrogen and oxygen atoms in total. The Bertz CT molecular complexity index is 825. The number of nitrogens with zero attached hydrogens (tertiary/aromatic N) is 3. The molecule has 1 fully saturated rings. The Kier molecular flexibility index (Phi) is 3.91. The minimum Gasteiger partial charge on any atom is -0.508 e. The Morgan fingerprint density at radius 1 is 1.20 bits per heavy atom. The molecule has 1 aliphatic carbocycles. The summed E-state index contributed by atoms with van der Waals surface area (Å²) in [4.78, 5) is 26.6. The third kappa shape index (κ3) is 3.35. The fraction of sp³-hybridized carbons (Fsp3) is 0.389. The molecule has 4 rings (SSSR count). The molecule has 25 heavy (non-hydrogen) atoms. The van der Waals surface area contributed by atoms with Gasteiger partial charge in [0.2, 0.25) is 0 Å². The van der Waals surface area contributed by atoms with Crippen LogP contribution in [-0.2, 0) is 13.1 Å². The molecule has 0 atom stereocenters. The number of aromatic hydroxyl groups is 1. The van der Waals surface area contributed by atoms with Crippen LogP contribution in [0.25, 0.3) is 0 Å². The Morgan fingerprint density at radius 3 is 2.80 bits per heavy atom. The number of fused-ring (bicyclic) bond motifs is 1. The molecule has 0 saturated heterocycles. The number of phenolic OH excluding ortho intramolecular Hbond substituents is 1. The lowest BCUT2D eigenvalue weighted by Gasteiger charge is -2.20. The molecule has 2 heterocycles. The standard InChI is InChI=1S/C18H20N4O3/c23-15-4-1-3-12(9-15)18(25)21-7-2-8-22-14(11-21)10-16(20-22)17(24)19-13-5-6-13/h1,3-4,9-10,13,23H,2,5-8,11H2,(H,19,24). The number of nitrogens with one attached hydrogen (secondary N) is 1. The van der Waals surface area contributed by atoms with Gasteiger partial charge < -0.3 is 15.3 Å². The van der Waals surface area contributed by atoms with Crippen LogP contribution < -0.4 is 5.32 Å². The third-order valence-electron chi connectivity index (χ3n) is 4.54. The smallest absolute Gasteiger partial charge is 0.272 e. The van der Waals surface area contributed by atoms with Gasteiger partial charge in [0.05, 0.1) is 12.2 Å². The van der Waals surface area contributed by atoms with Crippen LogP contribution in [-0.4, -0.2) is 44.2 Å². The second-order valence-electron chi connectivity index (χ2n) is 6.62. The maximum absolute atomic E-state index is 12.7. The highest BCUT2D eigenvalue weighted by Crippen LogP contribution is 2.21. The molecular formula is C18H20N4O3. The highest BCUT2D eigenvalue weighted by Gasteiger charge is 2.27. The van der Waals surface area contributed by atoms with E-state index in [1.54, 1.807) is 29.2 Å². The Balaban J connectivity index is 1.53. The van der Waals surface area contributed by atoms with E-state index in [9.17, 15) is 14.7 Å². The van der Waals surface area contributed by atoms with Crippen molar-refractivity contribution in [2.24, 2.45) is 0 Å². The summed E-state index contributed by atoms with van der Waals surface area (Å²) < 4.78 is 1.82. The lowest BCUT2D eigenvalue weighted by molar-refractivity contribution is 0.0745. The van der Waals surface area contributed by atoms with E-state index in [-0.39, 0.29) is 23.6 Å². The monoisotopic (exact) mass is 340 g/mol. The minimum absolute atomic E-state index is 0.0738. The predicted molar refractivity (Wildman–Crippen MR) is 90.2 cm³/mol. The average Bonchev–Trinajstić information content (AvgIpc) is 3.36. The zero-order valence-electron chi connectivity index (χ0n) is 13.8. The maximum atomic E-state index is 12.7. The largest absolute Gasteiger partial charge is 0.508 e. The molecule has 2 amide bonds. The minimum atomic E-state index is -0.145. The van der Waals surface area contributed by atoms with Crippen LogP contribution in [0.15, 0.2) is 30.3 Å². The number of phenols is 1. The van der Waals surface area contributed by atoms with Gasteiger partial charge in [-0.3, -0.25) is 14.3 Å². The molecule has 0 bridgehead atoms. The number of aryl methyl sites for hydroxylation is 1. The highest BCUT2D eigenvalue weighted by molar-refractivity contribution is 5.95. The first kappa shape index (κ1) is 15.7. The second-order valence-corrected chi connectivity index (χ2v) is 6.62. The molecule has 1 aromatic heterocycles. The van der Waals surface area contributed by atoms with Crippen molar-refractivity contribution in [2.45, 2.75) is 38.4 Å². The van der Waals surface area contributed by atoms with Gasteiger partial charge in [0, 0.05) is 24.7 Å². The van der Waals surface area contributed by atoms with Gasteiger partial charge in [0.25, 0.3) is 11.8 Å². The highest BCUT2D eigenvalue weighted by atomic mass is 16.3. The Morgan fingerprint density at radius 2 is 2.04 bits per heavy atom. The fourth-order valence-corrected chi connectivity index (χ4v) is 3.06. The maximum Gasteiger partial charge on any atom is 0.272 e. The first-order chi connectivity index (χ1) is 12.1. The summed E-state index contributed by atoms with van der Waals surface area (Å²) in [6.45, 7) is 1.69. The van der Waals surface area contributed by atoms with E-state index in [0.717, 1.165) is 25.0 Å². The van der Waals surface area contributed by atoms with Gasteiger partial charge in [-0.1, -0.05) is 6.07 Å². The number of carbonyl (C=O) groups is 2. The van der Waals surface area contributed by atoms with E-state index >= 15 is 0 Å². The van der Waals surface area contributed by atoms with E-state index in [1.807, 2.05) is 4.68 Å². The van der Waals surface area contributed by atoms with E-state index in [4.69, 9.17) is 0 Å². The lowest BCUT2D eigenvalue weighted by Crippen LogP contribution is -2.30. The van der Waals surface area contributed by atoms with Gasteiger partial charge in [-0.05, 0) is 43.5 Å². The number of hydrogen-bond acceptors (Lipinski definition) is 4. The van der Waals surface area contributed by atoms with Gasteiger partial charge in [-0.2, -0.15) is 5.10 Å². The first-order valence-electron chi connectivity index (χ1n) is 8.56. The number of carbonyl (C=O) groups excluding carboxylic acids is 2. The Labute approximate surface area is 145 Å². The molecule has 1 aromatic carbocycles. The lowest BCUT2D eigenvalue weighted by atomic mass is 10.2. The van der Waals surface area contributed by atoms with Crippen LogP contribution >= 0.6 is 0 Å². The predicted octanol–water partition coefficient (Wildman–Crippen LogP) is 1.53. The summed E-state index contributed by atoms with van der Waals surface area (Å²) in [6, 6.07) is 8.42. The molecule has 0 radical (unpaired) electrons. The summed E-state index contributed by atoms with van der Waals surface area (Å²) in [6.07, 6.45) is 2.83. The zero-order valence-corrected chi connectivity index (χ0v) is 13.8. The van der Waals surface area contributed by atoms with Crippen LogP contribution in [0.2, 0.25) is 0 Å². The quantitative estimate of drug-likeness (QED) is 0.887. The summed E-state index contributed by atoms with van der Waals surface area (Å²) in [7, 11) is 0. The van der Waals surface area contributed by atoms with Crippen molar-refractivity contribution in [2.75, 3.05) is 6.54 Å². The van der Waals surface area contributed by atoms with Gasteiger partial charge in [0.1, 0.15) is 5.75 Å². The van der Waals surface area contributed by atoms with E-state index < -0.39 is 0 Å². The molecule has 0 unspecified atom stereocenters. The van der Waals surface area contributed by atoms with Gasteiger partial charge in [0.15, 0.2) is 5.69 Å². The topological polar surface area (TPSA) is 87.5 Å². The summed E-state index contributed by atoms with van der Waals surface area (Å²) >= 11 is 0. The number of hydrogen-bond donors (Lipinski definition) is 2. The van der Waals surface area contributed by atoms with Crippen molar-refractivity contribution in [3.05, 3.63) is 47.3 Å². The van der Waals surface area contributed by atoms with E-state index in [0.29, 0.717) is 30.9 Å². The fourth-order valence-electron chi connectivity index (χ4n) is 3.06.